The molecule has 0 aliphatic carbocycles. The second kappa shape index (κ2) is 9.27. The van der Waals surface area contributed by atoms with Gasteiger partial charge in [-0.1, -0.05) is 6.07 Å². The molecule has 0 saturated carbocycles. The van der Waals surface area contributed by atoms with Gasteiger partial charge in [0, 0.05) is 24.4 Å². The first-order valence-electron chi connectivity index (χ1n) is 9.49. The van der Waals surface area contributed by atoms with Crippen molar-refractivity contribution >= 4 is 17.3 Å². The Balaban J connectivity index is 1.69. The Hall–Kier alpha value is -3.00. The van der Waals surface area contributed by atoms with Gasteiger partial charge in [-0.15, -0.1) is 0 Å². The van der Waals surface area contributed by atoms with E-state index in [1.54, 1.807) is 18.3 Å². The fourth-order valence-corrected chi connectivity index (χ4v) is 3.32. The molecule has 3 rings (SSSR count). The third-order valence-electron chi connectivity index (χ3n) is 4.91. The number of benzene rings is 1. The van der Waals surface area contributed by atoms with Gasteiger partial charge in [0.25, 0.3) is 11.6 Å². The lowest BCUT2D eigenvalue weighted by Gasteiger charge is -2.22. The minimum absolute atomic E-state index is 0.130. The second-order valence-electron chi connectivity index (χ2n) is 7.03. The number of carbonyl (C=O) groups is 1. The van der Waals surface area contributed by atoms with Crippen molar-refractivity contribution in [1.29, 1.82) is 0 Å². The molecule has 2 atom stereocenters. The highest BCUT2D eigenvalue weighted by Crippen LogP contribution is 2.29. The quantitative estimate of drug-likeness (QED) is 0.501. The summed E-state index contributed by atoms with van der Waals surface area (Å²) in [5, 5.41) is 20.8. The number of aromatic nitrogens is 1. The fourth-order valence-electron chi connectivity index (χ4n) is 3.32. The van der Waals surface area contributed by atoms with Gasteiger partial charge < -0.3 is 16.0 Å². The molecule has 28 heavy (non-hydrogen) atoms. The molecule has 1 aromatic heterocycles. The van der Waals surface area contributed by atoms with Gasteiger partial charge in [0.1, 0.15) is 5.69 Å². The van der Waals surface area contributed by atoms with Gasteiger partial charge in [-0.25, -0.2) is 0 Å². The SMILES string of the molecule is CC(Nc1ccc(C(=O)NCC2CCCNC2)cc1[N+](=O)[O-])c1ccccn1. The number of amides is 1. The van der Waals surface area contributed by atoms with Crippen molar-refractivity contribution < 1.29 is 9.72 Å². The molecule has 2 heterocycles. The predicted molar refractivity (Wildman–Crippen MR) is 107 cm³/mol. The van der Waals surface area contributed by atoms with E-state index in [-0.39, 0.29) is 23.2 Å². The maximum Gasteiger partial charge on any atom is 0.293 e. The summed E-state index contributed by atoms with van der Waals surface area (Å²) in [6, 6.07) is 9.83. The first-order valence-corrected chi connectivity index (χ1v) is 9.49. The largest absolute Gasteiger partial charge is 0.371 e. The molecule has 8 nitrogen and oxygen atoms in total. The Bertz CT molecular complexity index is 822. The maximum atomic E-state index is 12.4. The van der Waals surface area contributed by atoms with Crippen molar-refractivity contribution in [3.8, 4) is 0 Å². The zero-order valence-corrected chi connectivity index (χ0v) is 15.9. The average molecular weight is 383 g/mol. The number of nitro benzene ring substituents is 1. The molecule has 1 aliphatic heterocycles. The van der Waals surface area contributed by atoms with Crippen molar-refractivity contribution in [2.24, 2.45) is 5.92 Å². The van der Waals surface area contributed by atoms with Crippen LogP contribution < -0.4 is 16.0 Å². The molecule has 1 fully saturated rings. The van der Waals surface area contributed by atoms with E-state index in [1.165, 1.54) is 6.07 Å². The number of nitrogens with zero attached hydrogens (tertiary/aromatic N) is 2. The van der Waals surface area contributed by atoms with Crippen LogP contribution in [0.1, 0.15) is 41.9 Å². The van der Waals surface area contributed by atoms with E-state index >= 15 is 0 Å². The molecule has 0 spiro atoms. The Kier molecular flexibility index (Phi) is 6.54. The highest BCUT2D eigenvalue weighted by atomic mass is 16.6. The first kappa shape index (κ1) is 19.8. The summed E-state index contributed by atoms with van der Waals surface area (Å²) in [6.07, 6.45) is 3.85. The minimum atomic E-state index is -0.477. The minimum Gasteiger partial charge on any atom is -0.371 e. The molecule has 0 bridgehead atoms. The van der Waals surface area contributed by atoms with E-state index < -0.39 is 4.92 Å². The van der Waals surface area contributed by atoms with Crippen LogP contribution in [0.2, 0.25) is 0 Å². The molecule has 1 saturated heterocycles. The summed E-state index contributed by atoms with van der Waals surface area (Å²) in [7, 11) is 0. The number of rotatable bonds is 7. The van der Waals surface area contributed by atoms with Crippen molar-refractivity contribution in [2.75, 3.05) is 25.0 Å². The lowest BCUT2D eigenvalue weighted by molar-refractivity contribution is -0.384. The molecule has 1 aromatic carbocycles. The van der Waals surface area contributed by atoms with Gasteiger partial charge in [-0.3, -0.25) is 19.9 Å². The Morgan fingerprint density at radius 3 is 2.93 bits per heavy atom. The Morgan fingerprint density at radius 1 is 1.39 bits per heavy atom. The zero-order valence-electron chi connectivity index (χ0n) is 15.9. The van der Waals surface area contributed by atoms with Crippen LogP contribution in [-0.4, -0.2) is 35.4 Å². The summed E-state index contributed by atoms with van der Waals surface area (Å²) in [5.41, 5.74) is 1.29. The highest BCUT2D eigenvalue weighted by molar-refractivity contribution is 5.95. The van der Waals surface area contributed by atoms with Crippen molar-refractivity contribution in [1.82, 2.24) is 15.6 Å². The monoisotopic (exact) mass is 383 g/mol. The highest BCUT2D eigenvalue weighted by Gasteiger charge is 2.20. The Morgan fingerprint density at radius 2 is 2.25 bits per heavy atom. The van der Waals surface area contributed by atoms with Gasteiger partial charge in [-0.05, 0) is 63.0 Å². The molecule has 8 heteroatoms. The average Bonchev–Trinajstić information content (AvgIpc) is 2.73. The van der Waals surface area contributed by atoms with Crippen molar-refractivity contribution in [3.63, 3.8) is 0 Å². The van der Waals surface area contributed by atoms with Crippen LogP contribution >= 0.6 is 0 Å². The van der Waals surface area contributed by atoms with E-state index in [1.807, 2.05) is 25.1 Å². The summed E-state index contributed by atoms with van der Waals surface area (Å²) < 4.78 is 0. The van der Waals surface area contributed by atoms with E-state index in [0.717, 1.165) is 31.6 Å². The van der Waals surface area contributed by atoms with Gasteiger partial charge in [0.2, 0.25) is 0 Å². The maximum absolute atomic E-state index is 12.4. The van der Waals surface area contributed by atoms with E-state index in [0.29, 0.717) is 18.2 Å². The Labute approximate surface area is 163 Å². The number of hydrogen-bond acceptors (Lipinski definition) is 6. The zero-order chi connectivity index (χ0) is 19.9. The standard InChI is InChI=1S/C20H25N5O3/c1-14(17-6-2-3-10-22-17)24-18-8-7-16(11-19(18)25(27)28)20(26)23-13-15-5-4-9-21-12-15/h2-3,6-8,10-11,14-15,21,24H,4-5,9,12-13H2,1H3,(H,23,26). The van der Waals surface area contributed by atoms with Gasteiger partial charge in [0.15, 0.2) is 0 Å². The lowest BCUT2D eigenvalue weighted by atomic mass is 9.99. The number of nitro groups is 1. The molecule has 1 amide bonds. The first-order chi connectivity index (χ1) is 13.5. The number of hydrogen-bond donors (Lipinski definition) is 3. The molecule has 0 radical (unpaired) electrons. The summed E-state index contributed by atoms with van der Waals surface area (Å²) in [5.74, 6) is 0.103. The molecule has 2 aromatic rings. The number of piperidine rings is 1. The van der Waals surface area contributed by atoms with Crippen LogP contribution in [-0.2, 0) is 0 Å². The van der Waals surface area contributed by atoms with Crippen LogP contribution in [0.5, 0.6) is 0 Å². The van der Waals surface area contributed by atoms with Crippen LogP contribution in [0.3, 0.4) is 0 Å². The van der Waals surface area contributed by atoms with Gasteiger partial charge in [-0.2, -0.15) is 0 Å². The van der Waals surface area contributed by atoms with Crippen LogP contribution in [0, 0.1) is 16.0 Å². The van der Waals surface area contributed by atoms with E-state index in [9.17, 15) is 14.9 Å². The lowest BCUT2D eigenvalue weighted by Crippen LogP contribution is -2.38. The van der Waals surface area contributed by atoms with Crippen LogP contribution in [0.15, 0.2) is 42.6 Å². The number of nitrogens with one attached hydrogen (secondary N) is 3. The summed E-state index contributed by atoms with van der Waals surface area (Å²) in [4.78, 5) is 27.7. The molecular weight excluding hydrogens is 358 g/mol. The number of carbonyl (C=O) groups excluding carboxylic acids is 1. The van der Waals surface area contributed by atoms with Crippen LogP contribution in [0.25, 0.3) is 0 Å². The van der Waals surface area contributed by atoms with E-state index in [2.05, 4.69) is 20.9 Å². The topological polar surface area (TPSA) is 109 Å². The van der Waals surface area contributed by atoms with Crippen LogP contribution in [0.4, 0.5) is 11.4 Å². The fraction of sp³-hybridized carbons (Fsp3) is 0.400. The molecule has 2 unspecified atom stereocenters. The normalized spacial score (nSPS) is 17.5. The third-order valence-corrected chi connectivity index (χ3v) is 4.91. The molecule has 3 N–H and O–H groups in total. The second-order valence-corrected chi connectivity index (χ2v) is 7.03. The molecular formula is C20H25N5O3. The van der Waals surface area contributed by atoms with E-state index in [4.69, 9.17) is 0 Å². The smallest absolute Gasteiger partial charge is 0.293 e. The summed E-state index contributed by atoms with van der Waals surface area (Å²) in [6.45, 7) is 4.35. The number of pyridine rings is 1. The van der Waals surface area contributed by atoms with Gasteiger partial charge >= 0.3 is 0 Å². The summed E-state index contributed by atoms with van der Waals surface area (Å²) >= 11 is 0. The third kappa shape index (κ3) is 5.04. The molecule has 148 valence electrons. The molecule has 1 aliphatic rings. The number of anilines is 1. The predicted octanol–water partition coefficient (Wildman–Crippen LogP) is 2.89. The van der Waals surface area contributed by atoms with Crippen molar-refractivity contribution in [2.45, 2.75) is 25.8 Å². The van der Waals surface area contributed by atoms with Crippen molar-refractivity contribution in [3.05, 3.63) is 64.0 Å². The van der Waals surface area contributed by atoms with Gasteiger partial charge in [0.05, 0.1) is 16.7 Å².